The van der Waals surface area contributed by atoms with Crippen molar-refractivity contribution in [2.45, 2.75) is 26.3 Å². The van der Waals surface area contributed by atoms with E-state index in [-0.39, 0.29) is 11.9 Å². The van der Waals surface area contributed by atoms with Crippen molar-refractivity contribution in [3.05, 3.63) is 64.7 Å². The molecule has 1 atom stereocenters. The first-order valence-corrected chi connectivity index (χ1v) is 5.98. The fraction of sp³-hybridized carbons (Fsp3) is 0.267. The van der Waals surface area contributed by atoms with Gasteiger partial charge in [-0.25, -0.2) is 4.39 Å². The number of benzene rings is 1. The number of aromatic nitrogens is 1. The zero-order chi connectivity index (χ0) is 13.1. The van der Waals surface area contributed by atoms with E-state index in [1.165, 1.54) is 29.0 Å². The van der Waals surface area contributed by atoms with Gasteiger partial charge in [-0.05, 0) is 37.5 Å². The van der Waals surface area contributed by atoms with Gasteiger partial charge in [0.2, 0.25) is 0 Å². The Kier molecular flexibility index (Phi) is 3.72. The van der Waals surface area contributed by atoms with Gasteiger partial charge in [0, 0.05) is 12.2 Å². The lowest BCUT2D eigenvalue weighted by Gasteiger charge is -2.13. The first-order valence-electron chi connectivity index (χ1n) is 5.98. The molecule has 0 aliphatic heterocycles. The number of nitrogens with zero attached hydrogens (tertiary/aromatic N) is 1. The van der Waals surface area contributed by atoms with E-state index in [0.29, 0.717) is 6.42 Å². The van der Waals surface area contributed by atoms with Gasteiger partial charge in [-0.2, -0.15) is 0 Å². The lowest BCUT2D eigenvalue weighted by atomic mass is 9.98. The quantitative estimate of drug-likeness (QED) is 0.901. The minimum Gasteiger partial charge on any atom is -0.324 e. The molecule has 1 aromatic heterocycles. The predicted octanol–water partition coefficient (Wildman–Crippen LogP) is 3.08. The minimum absolute atomic E-state index is 0.227. The van der Waals surface area contributed by atoms with Crippen molar-refractivity contribution in [3.63, 3.8) is 0 Å². The number of pyridine rings is 1. The predicted molar refractivity (Wildman–Crippen MR) is 70.7 cm³/mol. The number of rotatable bonds is 3. The zero-order valence-corrected chi connectivity index (χ0v) is 10.7. The molecule has 1 unspecified atom stereocenters. The van der Waals surface area contributed by atoms with Gasteiger partial charge in [-0.1, -0.05) is 29.3 Å². The van der Waals surface area contributed by atoms with E-state index in [4.69, 9.17) is 5.73 Å². The molecule has 0 radical (unpaired) electrons. The molecule has 1 aromatic carbocycles. The third kappa shape index (κ3) is 3.14. The van der Waals surface area contributed by atoms with Gasteiger partial charge in [0.1, 0.15) is 5.82 Å². The van der Waals surface area contributed by atoms with Crippen LogP contribution in [-0.2, 0) is 6.42 Å². The molecule has 18 heavy (non-hydrogen) atoms. The third-order valence-electron chi connectivity index (χ3n) is 2.89. The Labute approximate surface area is 107 Å². The molecule has 94 valence electrons. The maximum Gasteiger partial charge on any atom is 0.141 e. The third-order valence-corrected chi connectivity index (χ3v) is 2.89. The molecule has 0 aliphatic rings. The molecule has 2 nitrogen and oxygen atoms in total. The minimum atomic E-state index is -0.344. The molecule has 0 saturated heterocycles. The lowest BCUT2D eigenvalue weighted by Crippen LogP contribution is -2.14. The van der Waals surface area contributed by atoms with Crippen LogP contribution in [0.5, 0.6) is 0 Å². The van der Waals surface area contributed by atoms with Gasteiger partial charge < -0.3 is 5.73 Å². The highest BCUT2D eigenvalue weighted by molar-refractivity contribution is 5.30. The fourth-order valence-corrected chi connectivity index (χ4v) is 2.19. The molecule has 0 fully saturated rings. The second kappa shape index (κ2) is 5.27. The van der Waals surface area contributed by atoms with Crippen molar-refractivity contribution >= 4 is 0 Å². The SMILES string of the molecule is Cc1cc(C)cc(CC(N)c2cncc(F)c2)c1. The van der Waals surface area contributed by atoms with Gasteiger partial charge in [-0.3, -0.25) is 4.98 Å². The van der Waals surface area contributed by atoms with Crippen LogP contribution in [0.4, 0.5) is 4.39 Å². The number of hydrogen-bond donors (Lipinski definition) is 1. The highest BCUT2D eigenvalue weighted by Crippen LogP contribution is 2.18. The maximum absolute atomic E-state index is 13.1. The number of aryl methyl sites for hydroxylation is 2. The van der Waals surface area contributed by atoms with Crippen LogP contribution in [0.2, 0.25) is 0 Å². The first-order chi connectivity index (χ1) is 8.54. The van der Waals surface area contributed by atoms with Crippen LogP contribution in [-0.4, -0.2) is 4.98 Å². The van der Waals surface area contributed by atoms with Crippen molar-refractivity contribution in [2.24, 2.45) is 5.73 Å². The van der Waals surface area contributed by atoms with Crippen LogP contribution in [0.15, 0.2) is 36.7 Å². The smallest absolute Gasteiger partial charge is 0.141 e. The molecule has 0 bridgehead atoms. The molecule has 0 spiro atoms. The molecular formula is C15H17FN2. The highest BCUT2D eigenvalue weighted by Gasteiger charge is 2.09. The summed E-state index contributed by atoms with van der Waals surface area (Å²) in [5, 5.41) is 0. The maximum atomic E-state index is 13.1. The molecule has 2 aromatic rings. The van der Waals surface area contributed by atoms with Crippen molar-refractivity contribution in [3.8, 4) is 0 Å². The summed E-state index contributed by atoms with van der Waals surface area (Å²) in [7, 11) is 0. The summed E-state index contributed by atoms with van der Waals surface area (Å²) in [5.74, 6) is -0.344. The van der Waals surface area contributed by atoms with Crippen LogP contribution in [0, 0.1) is 19.7 Å². The standard InChI is InChI=1S/C15H17FN2/c1-10-3-11(2)5-12(4-10)6-15(17)13-7-14(16)9-18-8-13/h3-5,7-9,15H,6,17H2,1-2H3. The van der Waals surface area contributed by atoms with Crippen LogP contribution in [0.1, 0.15) is 28.3 Å². The Hall–Kier alpha value is -1.74. The van der Waals surface area contributed by atoms with Gasteiger partial charge >= 0.3 is 0 Å². The Bertz CT molecular complexity index is 532. The molecular weight excluding hydrogens is 227 g/mol. The number of halogens is 1. The van der Waals surface area contributed by atoms with Crippen molar-refractivity contribution in [2.75, 3.05) is 0 Å². The van der Waals surface area contributed by atoms with Crippen molar-refractivity contribution < 1.29 is 4.39 Å². The second-order valence-electron chi connectivity index (χ2n) is 4.74. The average molecular weight is 244 g/mol. The summed E-state index contributed by atoms with van der Waals surface area (Å²) in [4.78, 5) is 3.83. The fourth-order valence-electron chi connectivity index (χ4n) is 2.19. The Balaban J connectivity index is 2.18. The molecule has 1 heterocycles. The van der Waals surface area contributed by atoms with Gasteiger partial charge in [0.15, 0.2) is 0 Å². The van der Waals surface area contributed by atoms with Crippen LogP contribution in [0.3, 0.4) is 0 Å². The average Bonchev–Trinajstić information content (AvgIpc) is 2.27. The summed E-state index contributed by atoms with van der Waals surface area (Å²) in [6.07, 6.45) is 3.50. The number of nitrogens with two attached hydrogens (primary N) is 1. The Morgan fingerprint density at radius 3 is 2.39 bits per heavy atom. The van der Waals surface area contributed by atoms with Gasteiger partial charge in [-0.15, -0.1) is 0 Å². The van der Waals surface area contributed by atoms with E-state index in [1.54, 1.807) is 6.20 Å². The van der Waals surface area contributed by atoms with Gasteiger partial charge in [0.25, 0.3) is 0 Å². The molecule has 0 saturated carbocycles. The topological polar surface area (TPSA) is 38.9 Å². The van der Waals surface area contributed by atoms with Crippen LogP contribution >= 0.6 is 0 Å². The van der Waals surface area contributed by atoms with Crippen LogP contribution < -0.4 is 5.73 Å². The van der Waals surface area contributed by atoms with Gasteiger partial charge in [0.05, 0.1) is 6.20 Å². The van der Waals surface area contributed by atoms with E-state index >= 15 is 0 Å². The Morgan fingerprint density at radius 1 is 1.11 bits per heavy atom. The normalized spacial score (nSPS) is 12.4. The first kappa shape index (κ1) is 12.7. The number of hydrogen-bond acceptors (Lipinski definition) is 2. The zero-order valence-electron chi connectivity index (χ0n) is 10.7. The summed E-state index contributed by atoms with van der Waals surface area (Å²) in [5.41, 5.74) is 10.4. The van der Waals surface area contributed by atoms with E-state index in [0.717, 1.165) is 5.56 Å². The summed E-state index contributed by atoms with van der Waals surface area (Å²) in [6.45, 7) is 4.12. The van der Waals surface area contributed by atoms with Crippen molar-refractivity contribution in [1.29, 1.82) is 0 Å². The molecule has 2 N–H and O–H groups in total. The summed E-state index contributed by atoms with van der Waals surface area (Å²) < 4.78 is 13.1. The largest absolute Gasteiger partial charge is 0.324 e. The van der Waals surface area contributed by atoms with E-state index in [2.05, 4.69) is 37.0 Å². The summed E-state index contributed by atoms with van der Waals surface area (Å²) >= 11 is 0. The van der Waals surface area contributed by atoms with Crippen LogP contribution in [0.25, 0.3) is 0 Å². The summed E-state index contributed by atoms with van der Waals surface area (Å²) in [6, 6.07) is 7.56. The lowest BCUT2D eigenvalue weighted by molar-refractivity contribution is 0.610. The van der Waals surface area contributed by atoms with E-state index in [9.17, 15) is 4.39 Å². The molecule has 2 rings (SSSR count). The highest BCUT2D eigenvalue weighted by atomic mass is 19.1. The molecule has 3 heteroatoms. The molecule has 0 amide bonds. The van der Waals surface area contributed by atoms with E-state index in [1.807, 2.05) is 0 Å². The second-order valence-corrected chi connectivity index (χ2v) is 4.74. The monoisotopic (exact) mass is 244 g/mol. The van der Waals surface area contributed by atoms with Crippen molar-refractivity contribution in [1.82, 2.24) is 4.98 Å². The Morgan fingerprint density at radius 2 is 1.78 bits per heavy atom. The van der Waals surface area contributed by atoms with E-state index < -0.39 is 0 Å². The molecule has 0 aliphatic carbocycles.